The van der Waals surface area contributed by atoms with Gasteiger partial charge in [0.2, 0.25) is 0 Å². The fourth-order valence-corrected chi connectivity index (χ4v) is 2.45. The monoisotopic (exact) mass is 345 g/mol. The second-order valence-electron chi connectivity index (χ2n) is 5.71. The number of benzene rings is 1. The van der Waals surface area contributed by atoms with Crippen molar-refractivity contribution < 1.29 is 17.0 Å². The van der Waals surface area contributed by atoms with Crippen molar-refractivity contribution in [2.75, 3.05) is 0 Å². The molecule has 0 aliphatic heterocycles. The van der Waals surface area contributed by atoms with Gasteiger partial charge in [-0.05, 0) is 40.5 Å². The van der Waals surface area contributed by atoms with Gasteiger partial charge in [0.05, 0.1) is 0 Å². The van der Waals surface area contributed by atoms with Crippen molar-refractivity contribution in [3.05, 3.63) is 46.4 Å². The molecule has 0 heterocycles. The SMILES string of the molecule is CCC1=Cc2c(cc(C(C)C)cc2C(C)C)[CH]1.[Cl][Ti][Cl]. The van der Waals surface area contributed by atoms with E-state index in [1.54, 1.807) is 0 Å². The molecule has 0 saturated carbocycles. The van der Waals surface area contributed by atoms with Gasteiger partial charge >= 0.3 is 35.6 Å². The van der Waals surface area contributed by atoms with Crippen LogP contribution in [0.1, 0.15) is 75.1 Å². The molecule has 20 heavy (non-hydrogen) atoms. The molecule has 0 N–H and O–H groups in total. The summed E-state index contributed by atoms with van der Waals surface area (Å²) in [6.07, 6.45) is 5.85. The van der Waals surface area contributed by atoms with E-state index in [-0.39, 0.29) is 0 Å². The van der Waals surface area contributed by atoms with E-state index in [1.165, 1.54) is 27.8 Å². The van der Waals surface area contributed by atoms with Gasteiger partial charge in [0.15, 0.2) is 0 Å². The van der Waals surface area contributed by atoms with Crippen LogP contribution in [0.15, 0.2) is 17.7 Å². The summed E-state index contributed by atoms with van der Waals surface area (Å²) in [4.78, 5) is 0. The number of hydrogen-bond acceptors (Lipinski definition) is 0. The molecule has 0 atom stereocenters. The van der Waals surface area contributed by atoms with Crippen molar-refractivity contribution in [2.45, 2.75) is 52.9 Å². The maximum absolute atomic E-state index is 4.89. The van der Waals surface area contributed by atoms with E-state index in [0.717, 1.165) is 6.42 Å². The van der Waals surface area contributed by atoms with Crippen molar-refractivity contribution >= 4 is 24.7 Å². The van der Waals surface area contributed by atoms with E-state index < -0.39 is 17.0 Å². The zero-order valence-corrected chi connectivity index (χ0v) is 16.0. The van der Waals surface area contributed by atoms with Crippen LogP contribution in [0.5, 0.6) is 0 Å². The first-order valence-corrected chi connectivity index (χ1v) is 11.4. The summed E-state index contributed by atoms with van der Waals surface area (Å²) in [5.41, 5.74) is 7.32. The average Bonchev–Trinajstić information content (AvgIpc) is 2.80. The Bertz CT molecular complexity index is 476. The minimum absolute atomic E-state index is 0.556. The first-order valence-electron chi connectivity index (χ1n) is 7.13. The van der Waals surface area contributed by atoms with Gasteiger partial charge in [0, 0.05) is 6.42 Å². The van der Waals surface area contributed by atoms with E-state index in [2.05, 4.69) is 59.2 Å². The molecule has 0 saturated heterocycles. The zero-order valence-electron chi connectivity index (χ0n) is 12.9. The molecule has 3 heteroatoms. The number of allylic oxidation sites excluding steroid dienone is 1. The average molecular weight is 346 g/mol. The Labute approximate surface area is 140 Å². The topological polar surface area (TPSA) is 0 Å². The van der Waals surface area contributed by atoms with Crippen molar-refractivity contribution in [1.29, 1.82) is 0 Å². The molecule has 1 aromatic carbocycles. The third-order valence-corrected chi connectivity index (χ3v) is 3.63. The Balaban J connectivity index is 0.000000612. The third-order valence-electron chi connectivity index (χ3n) is 3.63. The second-order valence-corrected chi connectivity index (χ2v) is 8.29. The minimum atomic E-state index is -0.556. The predicted octanol–water partition coefficient (Wildman–Crippen LogP) is 6.67. The molecule has 2 rings (SSSR count). The molecule has 0 nitrogen and oxygen atoms in total. The third kappa shape index (κ3) is 4.63. The van der Waals surface area contributed by atoms with Gasteiger partial charge in [-0.3, -0.25) is 0 Å². The van der Waals surface area contributed by atoms with Crippen LogP contribution >= 0.6 is 18.6 Å². The fourth-order valence-electron chi connectivity index (χ4n) is 2.45. The van der Waals surface area contributed by atoms with Crippen LogP contribution in [0.3, 0.4) is 0 Å². The van der Waals surface area contributed by atoms with Gasteiger partial charge in [-0.2, -0.15) is 0 Å². The summed E-state index contributed by atoms with van der Waals surface area (Å²) in [5, 5.41) is 0. The van der Waals surface area contributed by atoms with E-state index >= 15 is 0 Å². The van der Waals surface area contributed by atoms with Gasteiger partial charge in [-0.1, -0.05) is 58.4 Å². The van der Waals surface area contributed by atoms with Crippen LogP contribution in [-0.2, 0) is 17.0 Å². The molecule has 0 aromatic heterocycles. The van der Waals surface area contributed by atoms with Crippen LogP contribution < -0.4 is 0 Å². The summed E-state index contributed by atoms with van der Waals surface area (Å²) >= 11 is -0.556. The predicted molar refractivity (Wildman–Crippen MR) is 88.0 cm³/mol. The summed E-state index contributed by atoms with van der Waals surface area (Å²) in [6, 6.07) is 4.77. The van der Waals surface area contributed by atoms with E-state index in [4.69, 9.17) is 18.6 Å². The van der Waals surface area contributed by atoms with Gasteiger partial charge in [0.25, 0.3) is 0 Å². The number of halogens is 2. The molecule has 0 unspecified atom stereocenters. The van der Waals surface area contributed by atoms with Crippen molar-refractivity contribution in [1.82, 2.24) is 0 Å². The molecular weight excluding hydrogens is 323 g/mol. The Morgan fingerprint density at radius 1 is 1.05 bits per heavy atom. The first kappa shape index (κ1) is 18.3. The molecule has 1 aliphatic rings. The normalized spacial score (nSPS) is 12.9. The second kappa shape index (κ2) is 8.64. The molecule has 0 spiro atoms. The van der Waals surface area contributed by atoms with Crippen LogP contribution in [-0.4, -0.2) is 0 Å². The van der Waals surface area contributed by atoms with E-state index in [9.17, 15) is 0 Å². The summed E-state index contributed by atoms with van der Waals surface area (Å²) in [6.45, 7) is 11.4. The summed E-state index contributed by atoms with van der Waals surface area (Å²) in [5.74, 6) is 1.21. The van der Waals surface area contributed by atoms with E-state index in [1.807, 2.05) is 0 Å². The molecule has 0 fully saturated rings. The molecule has 109 valence electrons. The standard InChI is InChI=1S/C17H23.2ClH.Ti/c1-6-13-7-15-9-14(11(2)3)10-16(12(4)5)17(15)8-13;;;/h7-12H,6H2,1-5H3;2*1H;/q;;;+2/p-2. The molecule has 0 bridgehead atoms. The van der Waals surface area contributed by atoms with Crippen LogP contribution in [0.25, 0.3) is 6.08 Å². The first-order chi connectivity index (χ1) is 9.44. The van der Waals surface area contributed by atoms with Gasteiger partial charge in [-0.15, -0.1) is 0 Å². The van der Waals surface area contributed by atoms with Gasteiger partial charge in [-0.25, -0.2) is 0 Å². The van der Waals surface area contributed by atoms with E-state index in [0.29, 0.717) is 11.8 Å². The number of rotatable bonds is 3. The molecule has 0 amide bonds. The zero-order chi connectivity index (χ0) is 15.3. The molecule has 1 radical (unpaired) electrons. The van der Waals surface area contributed by atoms with Gasteiger partial charge < -0.3 is 0 Å². The number of hydrogen-bond donors (Lipinski definition) is 0. The quantitative estimate of drug-likeness (QED) is 0.536. The summed E-state index contributed by atoms with van der Waals surface area (Å²) in [7, 11) is 9.78. The van der Waals surface area contributed by atoms with Crippen molar-refractivity contribution in [2.24, 2.45) is 0 Å². The maximum atomic E-state index is 4.89. The Kier molecular flexibility index (Phi) is 7.90. The van der Waals surface area contributed by atoms with Crippen LogP contribution in [0.2, 0.25) is 0 Å². The molecule has 1 aromatic rings. The molecular formula is C17H23Cl2Ti. The Morgan fingerprint density at radius 2 is 1.65 bits per heavy atom. The summed E-state index contributed by atoms with van der Waals surface area (Å²) < 4.78 is 0. The van der Waals surface area contributed by atoms with Crippen molar-refractivity contribution in [3.8, 4) is 0 Å². The van der Waals surface area contributed by atoms with Crippen LogP contribution in [0.4, 0.5) is 0 Å². The number of fused-ring (bicyclic) bond motifs is 1. The van der Waals surface area contributed by atoms with Crippen molar-refractivity contribution in [3.63, 3.8) is 0 Å². The fraction of sp³-hybridized carbons (Fsp3) is 0.471. The van der Waals surface area contributed by atoms with Crippen LogP contribution in [0, 0.1) is 6.42 Å². The Hall–Kier alpha value is 0.254. The Morgan fingerprint density at radius 3 is 2.10 bits per heavy atom. The molecule has 1 aliphatic carbocycles. The van der Waals surface area contributed by atoms with Gasteiger partial charge in [0.1, 0.15) is 0 Å².